The highest BCUT2D eigenvalue weighted by Crippen LogP contribution is 2.20. The summed E-state index contributed by atoms with van der Waals surface area (Å²) in [4.78, 5) is 0. The molecule has 0 aliphatic heterocycles. The van der Waals surface area contributed by atoms with Gasteiger partial charge in [0.25, 0.3) is 0 Å². The van der Waals surface area contributed by atoms with E-state index in [0.717, 1.165) is 5.69 Å². The van der Waals surface area contributed by atoms with Crippen LogP contribution in [0.1, 0.15) is 5.56 Å². The first-order chi connectivity index (χ1) is 7.17. The molecule has 0 saturated carbocycles. The van der Waals surface area contributed by atoms with E-state index in [2.05, 4.69) is 5.32 Å². The average Bonchev–Trinajstić information content (AvgIpc) is 2.26. The number of rotatable bonds is 4. The van der Waals surface area contributed by atoms with E-state index in [1.807, 2.05) is 6.07 Å². The fraction of sp³-hybridized carbons (Fsp3) is 0.300. The van der Waals surface area contributed by atoms with Gasteiger partial charge in [-0.1, -0.05) is 11.6 Å². The number of hydrogen-bond donors (Lipinski definition) is 2. The zero-order valence-corrected chi connectivity index (χ0v) is 9.39. The fourth-order valence-electron chi connectivity index (χ4n) is 1.01. The van der Waals surface area contributed by atoms with Crippen LogP contribution in [0.4, 0.5) is 5.69 Å². The van der Waals surface area contributed by atoms with E-state index in [4.69, 9.17) is 28.5 Å². The minimum Gasteiger partial charge on any atom is -0.390 e. The van der Waals surface area contributed by atoms with Crippen molar-refractivity contribution in [2.24, 2.45) is 0 Å². The third kappa shape index (κ3) is 3.60. The van der Waals surface area contributed by atoms with Gasteiger partial charge in [-0.15, -0.1) is 11.6 Å². The first kappa shape index (κ1) is 12.1. The molecule has 1 unspecified atom stereocenters. The molecule has 0 spiro atoms. The molecule has 0 bridgehead atoms. The van der Waals surface area contributed by atoms with Gasteiger partial charge in [0.2, 0.25) is 0 Å². The quantitative estimate of drug-likeness (QED) is 0.799. The third-order valence-corrected chi connectivity index (χ3v) is 2.48. The van der Waals surface area contributed by atoms with Crippen molar-refractivity contribution in [3.8, 4) is 6.07 Å². The third-order valence-electron chi connectivity index (χ3n) is 1.81. The van der Waals surface area contributed by atoms with E-state index in [9.17, 15) is 5.11 Å². The summed E-state index contributed by atoms with van der Waals surface area (Å²) in [6.45, 7) is 0.353. The number of aliphatic hydroxyl groups excluding tert-OH is 1. The van der Waals surface area contributed by atoms with E-state index >= 15 is 0 Å². The summed E-state index contributed by atoms with van der Waals surface area (Å²) in [5.41, 5.74) is 1.18. The summed E-state index contributed by atoms with van der Waals surface area (Å²) < 4.78 is 0. The molecule has 80 valence electrons. The van der Waals surface area contributed by atoms with Crippen molar-refractivity contribution in [2.75, 3.05) is 17.7 Å². The molecule has 0 aromatic heterocycles. The zero-order valence-electron chi connectivity index (χ0n) is 7.87. The van der Waals surface area contributed by atoms with Gasteiger partial charge in [-0.3, -0.25) is 0 Å². The molecular weight excluding hydrogens is 235 g/mol. The lowest BCUT2D eigenvalue weighted by Gasteiger charge is -2.10. The maximum atomic E-state index is 9.21. The number of benzene rings is 1. The second-order valence-electron chi connectivity index (χ2n) is 3.00. The van der Waals surface area contributed by atoms with Crippen LogP contribution in [0.25, 0.3) is 0 Å². The Morgan fingerprint density at radius 3 is 2.80 bits per heavy atom. The number of hydrogen-bond acceptors (Lipinski definition) is 3. The number of alkyl halides is 1. The fourth-order valence-corrected chi connectivity index (χ4v) is 1.34. The van der Waals surface area contributed by atoms with Crippen LogP contribution in [0.15, 0.2) is 18.2 Å². The van der Waals surface area contributed by atoms with Crippen LogP contribution in [0.2, 0.25) is 5.02 Å². The Balaban J connectivity index is 2.64. The van der Waals surface area contributed by atoms with Crippen LogP contribution in [0, 0.1) is 11.3 Å². The summed E-state index contributed by atoms with van der Waals surface area (Å²) in [6.07, 6.45) is -0.596. The molecule has 0 fully saturated rings. The lowest BCUT2D eigenvalue weighted by molar-refractivity contribution is 0.211. The van der Waals surface area contributed by atoms with E-state index in [-0.39, 0.29) is 5.88 Å². The molecule has 3 nitrogen and oxygen atoms in total. The SMILES string of the molecule is N#Cc1ccc(NCC(O)CCl)cc1Cl. The minimum absolute atomic E-state index is 0.178. The topological polar surface area (TPSA) is 56.0 Å². The molecule has 0 aliphatic rings. The number of anilines is 1. The van der Waals surface area contributed by atoms with Crippen molar-refractivity contribution in [3.63, 3.8) is 0 Å². The van der Waals surface area contributed by atoms with Gasteiger partial charge in [0.15, 0.2) is 0 Å². The summed E-state index contributed by atoms with van der Waals surface area (Å²) in [6, 6.07) is 6.96. The van der Waals surface area contributed by atoms with E-state index < -0.39 is 6.10 Å². The van der Waals surface area contributed by atoms with Gasteiger partial charge in [-0.2, -0.15) is 5.26 Å². The molecule has 0 amide bonds. The summed E-state index contributed by atoms with van der Waals surface area (Å²) in [7, 11) is 0. The Hall–Kier alpha value is -0.950. The van der Waals surface area contributed by atoms with Crippen LogP contribution in [0.5, 0.6) is 0 Å². The van der Waals surface area contributed by atoms with Gasteiger partial charge in [-0.25, -0.2) is 0 Å². The largest absolute Gasteiger partial charge is 0.390 e. The molecule has 0 aliphatic carbocycles. The lowest BCUT2D eigenvalue weighted by atomic mass is 10.2. The number of halogens is 2. The van der Waals surface area contributed by atoms with Crippen molar-refractivity contribution in [2.45, 2.75) is 6.10 Å². The van der Waals surface area contributed by atoms with Crippen LogP contribution in [-0.2, 0) is 0 Å². The molecule has 0 radical (unpaired) electrons. The number of aliphatic hydroxyl groups is 1. The van der Waals surface area contributed by atoms with Crippen molar-refractivity contribution in [1.82, 2.24) is 0 Å². The van der Waals surface area contributed by atoms with Gasteiger partial charge in [0.05, 0.1) is 22.6 Å². The first-order valence-electron chi connectivity index (χ1n) is 4.35. The Bertz CT molecular complexity index is 376. The summed E-state index contributed by atoms with van der Waals surface area (Å²) in [5, 5.41) is 21.2. The average molecular weight is 245 g/mol. The van der Waals surface area contributed by atoms with Gasteiger partial charge < -0.3 is 10.4 Å². The Labute approximate surface area is 98.2 Å². The minimum atomic E-state index is -0.596. The molecule has 1 aromatic rings. The Morgan fingerprint density at radius 1 is 1.53 bits per heavy atom. The lowest BCUT2D eigenvalue weighted by Crippen LogP contribution is -2.20. The smallest absolute Gasteiger partial charge is 0.101 e. The Kier molecular flexibility index (Phi) is 4.70. The van der Waals surface area contributed by atoms with Gasteiger partial charge in [0.1, 0.15) is 6.07 Å². The van der Waals surface area contributed by atoms with E-state index in [1.54, 1.807) is 18.2 Å². The van der Waals surface area contributed by atoms with Crippen LogP contribution in [-0.4, -0.2) is 23.6 Å². The standard InChI is InChI=1S/C10H10Cl2N2O/c11-4-9(15)6-14-8-2-1-7(5-13)10(12)3-8/h1-3,9,14-15H,4,6H2. The summed E-state index contributed by atoms with van der Waals surface area (Å²) in [5.74, 6) is 0.178. The first-order valence-corrected chi connectivity index (χ1v) is 5.26. The van der Waals surface area contributed by atoms with Crippen LogP contribution in [0.3, 0.4) is 0 Å². The van der Waals surface area contributed by atoms with Gasteiger partial charge in [0, 0.05) is 12.2 Å². The highest BCUT2D eigenvalue weighted by Gasteiger charge is 2.03. The van der Waals surface area contributed by atoms with E-state index in [0.29, 0.717) is 17.1 Å². The zero-order chi connectivity index (χ0) is 11.3. The van der Waals surface area contributed by atoms with Crippen molar-refractivity contribution in [1.29, 1.82) is 5.26 Å². The van der Waals surface area contributed by atoms with E-state index in [1.165, 1.54) is 0 Å². The van der Waals surface area contributed by atoms with Crippen molar-refractivity contribution < 1.29 is 5.11 Å². The molecule has 2 N–H and O–H groups in total. The van der Waals surface area contributed by atoms with Crippen LogP contribution >= 0.6 is 23.2 Å². The second-order valence-corrected chi connectivity index (χ2v) is 3.71. The van der Waals surface area contributed by atoms with Crippen LogP contribution < -0.4 is 5.32 Å². The second kappa shape index (κ2) is 5.82. The molecule has 1 aromatic carbocycles. The molecular formula is C10H10Cl2N2O. The van der Waals surface area contributed by atoms with Gasteiger partial charge >= 0.3 is 0 Å². The summed E-state index contributed by atoms with van der Waals surface area (Å²) >= 11 is 11.3. The monoisotopic (exact) mass is 244 g/mol. The highest BCUT2D eigenvalue weighted by molar-refractivity contribution is 6.32. The molecule has 5 heteroatoms. The number of nitrogens with one attached hydrogen (secondary N) is 1. The predicted molar refractivity (Wildman–Crippen MR) is 61.4 cm³/mol. The maximum absolute atomic E-state index is 9.21. The Morgan fingerprint density at radius 2 is 2.27 bits per heavy atom. The molecule has 1 atom stereocenters. The number of nitriles is 1. The highest BCUT2D eigenvalue weighted by atomic mass is 35.5. The molecule has 15 heavy (non-hydrogen) atoms. The van der Waals surface area contributed by atoms with Gasteiger partial charge in [-0.05, 0) is 18.2 Å². The van der Waals surface area contributed by atoms with Crippen molar-refractivity contribution in [3.05, 3.63) is 28.8 Å². The molecule has 1 rings (SSSR count). The molecule has 0 heterocycles. The van der Waals surface area contributed by atoms with Crippen molar-refractivity contribution >= 4 is 28.9 Å². The molecule has 0 saturated heterocycles. The predicted octanol–water partition coefficient (Wildman–Crippen LogP) is 2.22. The normalized spacial score (nSPS) is 11.9. The number of nitrogens with zero attached hydrogens (tertiary/aromatic N) is 1. The maximum Gasteiger partial charge on any atom is 0.101 e.